The highest BCUT2D eigenvalue weighted by atomic mass is 32.2. The Morgan fingerprint density at radius 2 is 2.73 bits per heavy atom. The van der Waals surface area contributed by atoms with Crippen LogP contribution < -0.4 is 11.5 Å². The lowest BCUT2D eigenvalue weighted by atomic mass is 10.6. The minimum absolute atomic E-state index is 0.204. The standard InChI is InChI=1S/C5H8N4S2/c6-4(7)10-1-3-2-11-5(8)9-3/h2H,1H2,(H3,6,7)(H2,8,9)/i1D2. The van der Waals surface area contributed by atoms with Crippen molar-refractivity contribution < 1.29 is 2.74 Å². The summed E-state index contributed by atoms with van der Waals surface area (Å²) in [5, 5.41) is 8.50. The van der Waals surface area contributed by atoms with Crippen molar-refractivity contribution in [1.29, 1.82) is 5.41 Å². The molecule has 0 radical (unpaired) electrons. The van der Waals surface area contributed by atoms with Crippen LogP contribution in [0.5, 0.6) is 0 Å². The highest BCUT2D eigenvalue weighted by Gasteiger charge is 1.99. The molecule has 0 saturated carbocycles. The topological polar surface area (TPSA) is 88.8 Å². The molecular weight excluding hydrogens is 180 g/mol. The van der Waals surface area contributed by atoms with Gasteiger partial charge in [0.25, 0.3) is 0 Å². The fourth-order valence-electron chi connectivity index (χ4n) is 0.442. The summed E-state index contributed by atoms with van der Waals surface area (Å²) in [6, 6.07) is 0. The number of nitrogens with zero attached hydrogens (tertiary/aromatic N) is 1. The maximum absolute atomic E-state index is 7.51. The number of thioether (sulfide) groups is 1. The molecule has 0 aliphatic heterocycles. The molecule has 0 amide bonds. The highest BCUT2D eigenvalue weighted by molar-refractivity contribution is 8.13. The Morgan fingerprint density at radius 3 is 3.18 bits per heavy atom. The number of aromatic nitrogens is 1. The van der Waals surface area contributed by atoms with Gasteiger partial charge in [-0.3, -0.25) is 5.41 Å². The number of rotatable bonds is 2. The average Bonchev–Trinajstić information content (AvgIpc) is 2.32. The molecule has 0 aliphatic rings. The largest absolute Gasteiger partial charge is 0.379 e. The first kappa shape index (κ1) is 5.84. The highest BCUT2D eigenvalue weighted by Crippen LogP contribution is 2.16. The van der Waals surface area contributed by atoms with Crippen LogP contribution in [-0.2, 0) is 5.70 Å². The lowest BCUT2D eigenvalue weighted by Gasteiger charge is -1.92. The molecule has 1 rings (SSSR count). The number of nitrogens with two attached hydrogens (primary N) is 2. The van der Waals surface area contributed by atoms with E-state index >= 15 is 0 Å². The van der Waals surface area contributed by atoms with E-state index in [0.29, 0.717) is 16.9 Å². The van der Waals surface area contributed by atoms with Gasteiger partial charge in [-0.05, 0) is 0 Å². The molecule has 1 aromatic heterocycles. The van der Waals surface area contributed by atoms with Crippen LogP contribution in [0.15, 0.2) is 5.38 Å². The molecule has 1 heterocycles. The lowest BCUT2D eigenvalue weighted by Crippen LogP contribution is -2.03. The van der Waals surface area contributed by atoms with Crippen LogP contribution in [0.25, 0.3) is 0 Å². The summed E-state index contributed by atoms with van der Waals surface area (Å²) in [7, 11) is 0. The van der Waals surface area contributed by atoms with Gasteiger partial charge in [-0.25, -0.2) is 4.98 Å². The third kappa shape index (κ3) is 2.77. The third-order valence-electron chi connectivity index (χ3n) is 0.788. The van der Waals surface area contributed by atoms with Crippen LogP contribution in [0, 0.1) is 5.41 Å². The molecule has 0 saturated heterocycles. The zero-order chi connectivity index (χ0) is 10.1. The van der Waals surface area contributed by atoms with Gasteiger partial charge in [0.1, 0.15) is 0 Å². The second-order valence-corrected chi connectivity index (χ2v) is 3.38. The summed E-state index contributed by atoms with van der Waals surface area (Å²) < 4.78 is 15.0. The van der Waals surface area contributed by atoms with Crippen LogP contribution in [0.4, 0.5) is 5.13 Å². The monoisotopic (exact) mass is 190 g/mol. The predicted octanol–water partition coefficient (Wildman–Crippen LogP) is 0.852. The fourth-order valence-corrected chi connectivity index (χ4v) is 1.33. The van der Waals surface area contributed by atoms with Crippen LogP contribution >= 0.6 is 23.1 Å². The first-order chi connectivity index (χ1) is 5.92. The van der Waals surface area contributed by atoms with Crippen molar-refractivity contribution in [1.82, 2.24) is 4.98 Å². The van der Waals surface area contributed by atoms with Crippen LogP contribution in [0.2, 0.25) is 0 Å². The number of hydrogen-bond acceptors (Lipinski definition) is 5. The molecule has 4 nitrogen and oxygen atoms in total. The molecule has 0 atom stereocenters. The van der Waals surface area contributed by atoms with Gasteiger partial charge < -0.3 is 11.5 Å². The van der Waals surface area contributed by atoms with Gasteiger partial charge in [-0.2, -0.15) is 0 Å². The minimum Gasteiger partial charge on any atom is -0.379 e. The predicted molar refractivity (Wildman–Crippen MR) is 49.7 cm³/mol. The van der Waals surface area contributed by atoms with E-state index in [1.54, 1.807) is 0 Å². The van der Waals surface area contributed by atoms with Crippen molar-refractivity contribution in [2.75, 3.05) is 5.73 Å². The van der Waals surface area contributed by atoms with Crippen LogP contribution in [0.3, 0.4) is 0 Å². The summed E-state index contributed by atoms with van der Waals surface area (Å²) >= 11 is 1.77. The maximum Gasteiger partial charge on any atom is 0.180 e. The number of hydrogen-bond donors (Lipinski definition) is 3. The SMILES string of the molecule is [2H]C([2H])(SC(=N)N)c1csc(N)n1. The molecule has 0 aliphatic carbocycles. The van der Waals surface area contributed by atoms with Crippen LogP contribution in [0.1, 0.15) is 8.44 Å². The zero-order valence-corrected chi connectivity index (χ0v) is 7.13. The molecule has 1 aromatic rings. The Bertz CT molecular complexity index is 324. The number of anilines is 1. The molecule has 0 aromatic carbocycles. The molecule has 5 N–H and O–H groups in total. The van der Waals surface area contributed by atoms with Gasteiger partial charge in [0.05, 0.1) is 5.69 Å². The van der Waals surface area contributed by atoms with E-state index in [4.69, 9.17) is 19.6 Å². The summed E-state index contributed by atoms with van der Waals surface area (Å²) in [4.78, 5) is 3.78. The van der Waals surface area contributed by atoms with Crippen LogP contribution in [-0.4, -0.2) is 10.2 Å². The smallest absolute Gasteiger partial charge is 0.180 e. The third-order valence-corrected chi connectivity index (χ3v) is 1.99. The van der Waals surface area contributed by atoms with Crippen molar-refractivity contribution >= 4 is 33.4 Å². The molecule has 0 bridgehead atoms. The molecule has 6 heteroatoms. The van der Waals surface area contributed by atoms with E-state index in [9.17, 15) is 0 Å². The average molecular weight is 190 g/mol. The fraction of sp³-hybridized carbons (Fsp3) is 0.200. The normalized spacial score (nSPS) is 13.8. The van der Waals surface area contributed by atoms with E-state index in [1.165, 1.54) is 5.38 Å². The number of thiazole rings is 1. The number of amidine groups is 1. The van der Waals surface area contributed by atoms with Crippen molar-refractivity contribution in [3.8, 4) is 0 Å². The summed E-state index contributed by atoms with van der Waals surface area (Å²) in [6.07, 6.45) is 0. The van der Waals surface area contributed by atoms with Crippen molar-refractivity contribution in [2.24, 2.45) is 5.73 Å². The Kier molecular flexibility index (Phi) is 1.91. The quantitative estimate of drug-likeness (QED) is 0.476. The Balaban J connectivity index is 2.86. The number of nitrogen functional groups attached to an aromatic ring is 1. The second kappa shape index (κ2) is 3.59. The van der Waals surface area contributed by atoms with Gasteiger partial charge in [-0.15, -0.1) is 11.3 Å². The van der Waals surface area contributed by atoms with E-state index < -0.39 is 5.70 Å². The van der Waals surface area contributed by atoms with Gasteiger partial charge in [0.15, 0.2) is 10.3 Å². The summed E-state index contributed by atoms with van der Waals surface area (Å²) in [5.41, 5.74) is 8.85. The minimum atomic E-state index is -1.78. The maximum atomic E-state index is 7.51. The summed E-state index contributed by atoms with van der Waals surface area (Å²) in [5.74, 6) is 0. The van der Waals surface area contributed by atoms with E-state index in [0.717, 1.165) is 11.3 Å². The van der Waals surface area contributed by atoms with Gasteiger partial charge in [0, 0.05) is 13.8 Å². The molecular formula is C5H8N4S2. The second-order valence-electron chi connectivity index (χ2n) is 1.64. The van der Waals surface area contributed by atoms with Crippen molar-refractivity contribution in [2.45, 2.75) is 5.70 Å². The van der Waals surface area contributed by atoms with Gasteiger partial charge in [-0.1, -0.05) is 11.8 Å². The summed E-state index contributed by atoms with van der Waals surface area (Å²) in [6.45, 7) is 0. The molecule has 11 heavy (non-hydrogen) atoms. The molecule has 0 unspecified atom stereocenters. The first-order valence-electron chi connectivity index (χ1n) is 3.66. The number of nitrogens with one attached hydrogen (secondary N) is 1. The van der Waals surface area contributed by atoms with Gasteiger partial charge >= 0.3 is 0 Å². The Hall–Kier alpha value is -0.750. The molecule has 0 spiro atoms. The Morgan fingerprint density at radius 1 is 2.00 bits per heavy atom. The molecule has 60 valence electrons. The van der Waals surface area contributed by atoms with Gasteiger partial charge in [0.2, 0.25) is 0 Å². The lowest BCUT2D eigenvalue weighted by molar-refractivity contribution is 1.24. The molecule has 0 fully saturated rings. The van der Waals surface area contributed by atoms with E-state index in [-0.39, 0.29) is 10.9 Å². The van der Waals surface area contributed by atoms with E-state index in [2.05, 4.69) is 4.98 Å². The first-order valence-corrected chi connectivity index (χ1v) is 4.36. The van der Waals surface area contributed by atoms with Crippen molar-refractivity contribution in [3.63, 3.8) is 0 Å². The van der Waals surface area contributed by atoms with Crippen molar-refractivity contribution in [3.05, 3.63) is 11.1 Å². The van der Waals surface area contributed by atoms with E-state index in [1.807, 2.05) is 0 Å². The zero-order valence-electron chi connectivity index (χ0n) is 7.50. The Labute approximate surface area is 75.3 Å².